The number of nitrogens with zero attached hydrogens (tertiary/aromatic N) is 1. The van der Waals surface area contributed by atoms with Crippen molar-refractivity contribution in [3.8, 4) is 0 Å². The van der Waals surface area contributed by atoms with Crippen LogP contribution in [0.1, 0.15) is 31.9 Å². The van der Waals surface area contributed by atoms with Crippen molar-refractivity contribution in [3.05, 3.63) is 29.8 Å². The van der Waals surface area contributed by atoms with Gasteiger partial charge in [-0.05, 0) is 56.7 Å². The Kier molecular flexibility index (Phi) is 4.71. The summed E-state index contributed by atoms with van der Waals surface area (Å²) < 4.78 is 0. The second-order valence-electron chi connectivity index (χ2n) is 5.33. The average molecular weight is 264 g/mol. The molecular weight excluding hydrogens is 240 g/mol. The number of hydrogen-bond donors (Lipinski definition) is 1. The fraction of sp³-hybridized carbons (Fsp3) is 0.600. The average Bonchev–Trinajstić information content (AvgIpc) is 2.79. The Morgan fingerprint density at radius 3 is 2.56 bits per heavy atom. The van der Waals surface area contributed by atoms with Gasteiger partial charge in [0.25, 0.3) is 0 Å². The van der Waals surface area contributed by atoms with Crippen LogP contribution >= 0.6 is 11.8 Å². The number of hydrogen-bond acceptors (Lipinski definition) is 3. The molecule has 2 N–H and O–H groups in total. The van der Waals surface area contributed by atoms with E-state index in [9.17, 15) is 0 Å². The Morgan fingerprint density at radius 1 is 1.39 bits per heavy atom. The van der Waals surface area contributed by atoms with E-state index in [2.05, 4.69) is 49.3 Å². The van der Waals surface area contributed by atoms with Crippen molar-refractivity contribution in [2.24, 2.45) is 11.7 Å². The third-order valence-corrected chi connectivity index (χ3v) is 4.88. The molecule has 0 amide bonds. The molecule has 1 fully saturated rings. The highest BCUT2D eigenvalue weighted by molar-refractivity contribution is 7.98. The molecule has 3 heteroatoms. The standard InChI is InChI=1S/C15H24N2S/c1-11-8-13(9-16)10-17(11)12(2)14-4-6-15(18-3)7-5-14/h4-7,11-13H,8-10,16H2,1-3H3. The summed E-state index contributed by atoms with van der Waals surface area (Å²) >= 11 is 1.80. The first-order chi connectivity index (χ1) is 8.65. The molecule has 3 unspecified atom stereocenters. The van der Waals surface area contributed by atoms with Gasteiger partial charge in [-0.25, -0.2) is 0 Å². The summed E-state index contributed by atoms with van der Waals surface area (Å²) in [6.45, 7) is 6.59. The SMILES string of the molecule is CSc1ccc(C(C)N2CC(CN)CC2C)cc1. The zero-order valence-corrected chi connectivity index (χ0v) is 12.4. The lowest BCUT2D eigenvalue weighted by Crippen LogP contribution is -2.30. The largest absolute Gasteiger partial charge is 0.330 e. The maximum absolute atomic E-state index is 5.81. The van der Waals surface area contributed by atoms with Crippen LogP contribution in [0.4, 0.5) is 0 Å². The molecule has 3 atom stereocenters. The van der Waals surface area contributed by atoms with Crippen molar-refractivity contribution in [1.82, 2.24) is 4.90 Å². The lowest BCUT2D eigenvalue weighted by atomic mass is 10.1. The third-order valence-electron chi connectivity index (χ3n) is 4.14. The second-order valence-corrected chi connectivity index (χ2v) is 6.21. The van der Waals surface area contributed by atoms with E-state index in [1.54, 1.807) is 11.8 Å². The molecule has 0 aromatic heterocycles. The van der Waals surface area contributed by atoms with Crippen LogP contribution in [0, 0.1) is 5.92 Å². The first-order valence-corrected chi connectivity index (χ1v) is 7.98. The number of likely N-dealkylation sites (tertiary alicyclic amines) is 1. The number of nitrogens with two attached hydrogens (primary N) is 1. The third kappa shape index (κ3) is 2.90. The maximum atomic E-state index is 5.81. The summed E-state index contributed by atoms with van der Waals surface area (Å²) in [5.41, 5.74) is 7.22. The van der Waals surface area contributed by atoms with Crippen molar-refractivity contribution in [2.45, 2.75) is 37.2 Å². The van der Waals surface area contributed by atoms with Crippen LogP contribution in [-0.2, 0) is 0 Å². The van der Waals surface area contributed by atoms with Crippen LogP contribution in [0.3, 0.4) is 0 Å². The van der Waals surface area contributed by atoms with Crippen LogP contribution in [-0.4, -0.2) is 30.3 Å². The normalized spacial score (nSPS) is 26.4. The van der Waals surface area contributed by atoms with Crippen molar-refractivity contribution >= 4 is 11.8 Å². The zero-order valence-electron chi connectivity index (χ0n) is 11.6. The van der Waals surface area contributed by atoms with E-state index in [0.717, 1.165) is 13.1 Å². The first kappa shape index (κ1) is 13.9. The predicted octanol–water partition coefficient (Wildman–Crippen LogP) is 3.14. The minimum absolute atomic E-state index is 0.493. The molecule has 0 aliphatic carbocycles. The van der Waals surface area contributed by atoms with Crippen LogP contribution in [0.25, 0.3) is 0 Å². The fourth-order valence-corrected chi connectivity index (χ4v) is 3.36. The van der Waals surface area contributed by atoms with E-state index in [0.29, 0.717) is 18.0 Å². The molecule has 2 nitrogen and oxygen atoms in total. The molecule has 100 valence electrons. The summed E-state index contributed by atoms with van der Waals surface area (Å²) in [4.78, 5) is 3.92. The first-order valence-electron chi connectivity index (χ1n) is 6.75. The van der Waals surface area contributed by atoms with Crippen molar-refractivity contribution in [1.29, 1.82) is 0 Å². The molecule has 18 heavy (non-hydrogen) atoms. The molecule has 0 spiro atoms. The number of rotatable bonds is 4. The zero-order chi connectivity index (χ0) is 13.1. The molecule has 1 aromatic carbocycles. The summed E-state index contributed by atoms with van der Waals surface area (Å²) in [5.74, 6) is 0.674. The molecule has 1 aliphatic rings. The molecule has 1 heterocycles. The van der Waals surface area contributed by atoms with Crippen molar-refractivity contribution in [2.75, 3.05) is 19.3 Å². The van der Waals surface area contributed by atoms with Crippen molar-refractivity contribution < 1.29 is 0 Å². The minimum Gasteiger partial charge on any atom is -0.330 e. The van der Waals surface area contributed by atoms with Gasteiger partial charge in [-0.1, -0.05) is 12.1 Å². The van der Waals surface area contributed by atoms with Gasteiger partial charge in [0.1, 0.15) is 0 Å². The molecule has 0 saturated carbocycles. The maximum Gasteiger partial charge on any atom is 0.0322 e. The smallest absolute Gasteiger partial charge is 0.0322 e. The molecule has 0 radical (unpaired) electrons. The Hall–Kier alpha value is -0.510. The van der Waals surface area contributed by atoms with Gasteiger partial charge in [0.2, 0.25) is 0 Å². The van der Waals surface area contributed by atoms with E-state index in [4.69, 9.17) is 5.73 Å². The predicted molar refractivity (Wildman–Crippen MR) is 80.0 cm³/mol. The van der Waals surface area contributed by atoms with Crippen LogP contribution in [0.2, 0.25) is 0 Å². The van der Waals surface area contributed by atoms with Gasteiger partial charge in [0.05, 0.1) is 0 Å². The topological polar surface area (TPSA) is 29.3 Å². The summed E-state index contributed by atoms with van der Waals surface area (Å²) in [6, 6.07) is 10.1. The molecule has 1 aliphatic heterocycles. The van der Waals surface area contributed by atoms with Gasteiger partial charge < -0.3 is 5.73 Å². The van der Waals surface area contributed by atoms with Crippen LogP contribution in [0.15, 0.2) is 29.2 Å². The van der Waals surface area contributed by atoms with Crippen LogP contribution < -0.4 is 5.73 Å². The highest BCUT2D eigenvalue weighted by atomic mass is 32.2. The minimum atomic E-state index is 0.493. The van der Waals surface area contributed by atoms with Crippen LogP contribution in [0.5, 0.6) is 0 Å². The van der Waals surface area contributed by atoms with Gasteiger partial charge >= 0.3 is 0 Å². The quantitative estimate of drug-likeness (QED) is 0.847. The van der Waals surface area contributed by atoms with Gasteiger partial charge in [-0.3, -0.25) is 4.90 Å². The van der Waals surface area contributed by atoms with Crippen molar-refractivity contribution in [3.63, 3.8) is 0 Å². The number of thioether (sulfide) groups is 1. The molecule has 2 rings (SSSR count). The second kappa shape index (κ2) is 6.09. The highest BCUT2D eigenvalue weighted by Gasteiger charge is 2.31. The summed E-state index contributed by atoms with van der Waals surface area (Å²) in [5, 5.41) is 0. The van der Waals surface area contributed by atoms with E-state index >= 15 is 0 Å². The number of benzene rings is 1. The van der Waals surface area contributed by atoms with E-state index in [-0.39, 0.29) is 0 Å². The fourth-order valence-electron chi connectivity index (χ4n) is 2.95. The molecule has 1 saturated heterocycles. The Labute approximate surface area is 115 Å². The van der Waals surface area contributed by atoms with Gasteiger partial charge in [0, 0.05) is 23.5 Å². The van der Waals surface area contributed by atoms with E-state index in [1.807, 2.05) is 0 Å². The Bertz CT molecular complexity index is 377. The van der Waals surface area contributed by atoms with E-state index in [1.165, 1.54) is 16.9 Å². The molecule has 0 bridgehead atoms. The Balaban J connectivity index is 2.08. The monoisotopic (exact) mass is 264 g/mol. The lowest BCUT2D eigenvalue weighted by molar-refractivity contribution is 0.200. The highest BCUT2D eigenvalue weighted by Crippen LogP contribution is 2.32. The van der Waals surface area contributed by atoms with Gasteiger partial charge in [-0.2, -0.15) is 0 Å². The van der Waals surface area contributed by atoms with Gasteiger partial charge in [0.15, 0.2) is 0 Å². The van der Waals surface area contributed by atoms with Gasteiger partial charge in [-0.15, -0.1) is 11.8 Å². The summed E-state index contributed by atoms with van der Waals surface area (Å²) in [6.07, 6.45) is 3.36. The molecule has 1 aromatic rings. The Morgan fingerprint density at radius 2 is 2.06 bits per heavy atom. The molecular formula is C15H24N2S. The van der Waals surface area contributed by atoms with E-state index < -0.39 is 0 Å². The lowest BCUT2D eigenvalue weighted by Gasteiger charge is -2.29. The summed E-state index contributed by atoms with van der Waals surface area (Å²) in [7, 11) is 0.